The van der Waals surface area contributed by atoms with E-state index in [1.54, 1.807) is 12.1 Å². The van der Waals surface area contributed by atoms with Gasteiger partial charge in [0.1, 0.15) is 0 Å². The van der Waals surface area contributed by atoms with Crippen LogP contribution in [0.3, 0.4) is 0 Å². The normalized spacial score (nSPS) is 18.0. The second kappa shape index (κ2) is 7.73. The molecule has 1 aliphatic rings. The minimum absolute atomic E-state index is 0.245. The summed E-state index contributed by atoms with van der Waals surface area (Å²) >= 11 is 0. The fourth-order valence-electron chi connectivity index (χ4n) is 3.45. The summed E-state index contributed by atoms with van der Waals surface area (Å²) in [6, 6.07) is 18.7. The Bertz CT molecular complexity index is 650. The van der Waals surface area contributed by atoms with Crippen LogP contribution in [-0.4, -0.2) is 23.5 Å². The van der Waals surface area contributed by atoms with E-state index in [0.29, 0.717) is 17.2 Å². The maximum Gasteiger partial charge on any atom is 0.200 e. The number of nitrogens with one attached hydrogen (secondary N) is 1. The van der Waals surface area contributed by atoms with Gasteiger partial charge in [0.05, 0.1) is 0 Å². The zero-order valence-corrected chi connectivity index (χ0v) is 13.9. The van der Waals surface area contributed by atoms with E-state index in [4.69, 9.17) is 0 Å². The third-order valence-electron chi connectivity index (χ3n) is 4.91. The van der Waals surface area contributed by atoms with Crippen molar-refractivity contribution in [3.63, 3.8) is 0 Å². The molecule has 0 saturated heterocycles. The third-order valence-corrected chi connectivity index (χ3v) is 4.91. The lowest BCUT2D eigenvalue weighted by molar-refractivity contribution is 0.0279. The molecule has 1 aliphatic carbocycles. The Labute approximate surface area is 143 Å². The zero-order chi connectivity index (χ0) is 16.8. The highest BCUT2D eigenvalue weighted by molar-refractivity contribution is 6.03. The maximum absolute atomic E-state index is 13.0. The summed E-state index contributed by atoms with van der Waals surface area (Å²) < 4.78 is 0. The topological polar surface area (TPSA) is 49.3 Å². The van der Waals surface area contributed by atoms with Gasteiger partial charge < -0.3 is 10.4 Å². The van der Waals surface area contributed by atoms with E-state index in [1.165, 1.54) is 19.3 Å². The van der Waals surface area contributed by atoms with E-state index >= 15 is 0 Å². The van der Waals surface area contributed by atoms with Crippen molar-refractivity contribution in [1.29, 1.82) is 0 Å². The Balaban J connectivity index is 1.84. The Morgan fingerprint density at radius 3 is 2.17 bits per heavy atom. The van der Waals surface area contributed by atoms with Crippen molar-refractivity contribution < 1.29 is 9.90 Å². The van der Waals surface area contributed by atoms with Gasteiger partial charge in [0, 0.05) is 18.2 Å². The Morgan fingerprint density at radius 2 is 1.54 bits per heavy atom. The molecule has 3 heteroatoms. The van der Waals surface area contributed by atoms with Crippen LogP contribution in [0.15, 0.2) is 60.7 Å². The van der Waals surface area contributed by atoms with E-state index in [9.17, 15) is 9.90 Å². The average molecular weight is 323 g/mol. The van der Waals surface area contributed by atoms with Crippen LogP contribution in [0.1, 0.15) is 48.0 Å². The molecule has 0 spiro atoms. The van der Waals surface area contributed by atoms with Gasteiger partial charge in [-0.15, -0.1) is 0 Å². The molecular formula is C21H25NO2. The van der Waals surface area contributed by atoms with Gasteiger partial charge >= 0.3 is 0 Å². The summed E-state index contributed by atoms with van der Waals surface area (Å²) in [5.74, 6) is -0.252. The SMILES string of the molecule is O=C(c1ccccc1)C(O)(CNC1CCCCC1)c1ccccc1. The summed E-state index contributed by atoms with van der Waals surface area (Å²) in [5.41, 5.74) is -0.364. The largest absolute Gasteiger partial charge is 0.376 e. The van der Waals surface area contributed by atoms with Crippen LogP contribution in [0, 0.1) is 0 Å². The molecule has 3 rings (SSSR count). The highest BCUT2D eigenvalue weighted by Crippen LogP contribution is 2.27. The first-order valence-corrected chi connectivity index (χ1v) is 8.81. The van der Waals surface area contributed by atoms with Crippen molar-refractivity contribution >= 4 is 5.78 Å². The molecule has 0 aliphatic heterocycles. The van der Waals surface area contributed by atoms with E-state index in [0.717, 1.165) is 12.8 Å². The van der Waals surface area contributed by atoms with Crippen LogP contribution in [-0.2, 0) is 5.60 Å². The molecule has 1 atom stereocenters. The fraction of sp³-hybridized carbons (Fsp3) is 0.381. The van der Waals surface area contributed by atoms with Gasteiger partial charge in [0.15, 0.2) is 11.4 Å². The maximum atomic E-state index is 13.0. The molecule has 1 fully saturated rings. The van der Waals surface area contributed by atoms with Crippen molar-refractivity contribution in [1.82, 2.24) is 5.32 Å². The standard InChI is InChI=1S/C21H25NO2/c23-20(17-10-4-1-5-11-17)21(24,18-12-6-2-7-13-18)16-22-19-14-8-3-9-15-19/h1-2,4-7,10-13,19,22,24H,3,8-9,14-16H2. The number of rotatable bonds is 6. The summed E-state index contributed by atoms with van der Waals surface area (Å²) in [6.45, 7) is 0.245. The lowest BCUT2D eigenvalue weighted by atomic mass is 9.85. The first-order chi connectivity index (χ1) is 11.7. The summed E-state index contributed by atoms with van der Waals surface area (Å²) in [6.07, 6.45) is 5.95. The molecule has 1 saturated carbocycles. The number of Topliss-reactive ketones (excluding diaryl/α,β-unsaturated/α-hetero) is 1. The van der Waals surface area contributed by atoms with Crippen molar-refractivity contribution in [3.05, 3.63) is 71.8 Å². The Hall–Kier alpha value is -1.97. The molecule has 3 nitrogen and oxygen atoms in total. The molecule has 2 aromatic carbocycles. The number of hydrogen-bond donors (Lipinski definition) is 2. The van der Waals surface area contributed by atoms with E-state index in [1.807, 2.05) is 48.5 Å². The Kier molecular flexibility index (Phi) is 5.44. The highest BCUT2D eigenvalue weighted by atomic mass is 16.3. The molecule has 0 amide bonds. The Morgan fingerprint density at radius 1 is 0.958 bits per heavy atom. The van der Waals surface area contributed by atoms with Gasteiger partial charge in [0.25, 0.3) is 0 Å². The fourth-order valence-corrected chi connectivity index (χ4v) is 3.45. The van der Waals surface area contributed by atoms with Crippen LogP contribution in [0.25, 0.3) is 0 Å². The van der Waals surface area contributed by atoms with Crippen LogP contribution >= 0.6 is 0 Å². The van der Waals surface area contributed by atoms with Gasteiger partial charge in [-0.2, -0.15) is 0 Å². The van der Waals surface area contributed by atoms with Gasteiger partial charge in [-0.25, -0.2) is 0 Å². The van der Waals surface area contributed by atoms with E-state index in [2.05, 4.69) is 5.32 Å². The second-order valence-electron chi connectivity index (χ2n) is 6.64. The minimum atomic E-state index is -1.54. The number of aliphatic hydroxyl groups is 1. The molecule has 0 heterocycles. The quantitative estimate of drug-likeness (QED) is 0.797. The molecule has 2 N–H and O–H groups in total. The third kappa shape index (κ3) is 3.74. The van der Waals surface area contributed by atoms with Gasteiger partial charge in [-0.3, -0.25) is 4.79 Å². The predicted octanol–water partition coefficient (Wildman–Crippen LogP) is 3.68. The highest BCUT2D eigenvalue weighted by Gasteiger charge is 2.38. The van der Waals surface area contributed by atoms with Crippen molar-refractivity contribution in [2.45, 2.75) is 43.7 Å². The number of benzene rings is 2. The van der Waals surface area contributed by atoms with Crippen molar-refractivity contribution in [2.24, 2.45) is 0 Å². The number of ketones is 1. The van der Waals surface area contributed by atoms with Crippen LogP contribution in [0.4, 0.5) is 0 Å². The monoisotopic (exact) mass is 323 g/mol. The molecule has 0 aromatic heterocycles. The van der Waals surface area contributed by atoms with Crippen LogP contribution in [0.5, 0.6) is 0 Å². The van der Waals surface area contributed by atoms with Gasteiger partial charge in [-0.05, 0) is 18.4 Å². The number of carbonyl (C=O) groups excluding carboxylic acids is 1. The van der Waals surface area contributed by atoms with Crippen molar-refractivity contribution in [2.75, 3.05) is 6.54 Å². The minimum Gasteiger partial charge on any atom is -0.376 e. The molecule has 0 radical (unpaired) electrons. The van der Waals surface area contributed by atoms with Gasteiger partial charge in [0.2, 0.25) is 0 Å². The molecule has 24 heavy (non-hydrogen) atoms. The zero-order valence-electron chi connectivity index (χ0n) is 13.9. The predicted molar refractivity (Wildman–Crippen MR) is 96.0 cm³/mol. The molecule has 2 aromatic rings. The molecular weight excluding hydrogens is 298 g/mol. The average Bonchev–Trinajstić information content (AvgIpc) is 2.68. The first kappa shape index (κ1) is 16.9. The van der Waals surface area contributed by atoms with Gasteiger partial charge in [-0.1, -0.05) is 79.9 Å². The lowest BCUT2D eigenvalue weighted by Gasteiger charge is -2.31. The summed E-state index contributed by atoms with van der Waals surface area (Å²) in [4.78, 5) is 13.0. The molecule has 126 valence electrons. The number of carbonyl (C=O) groups is 1. The van der Waals surface area contributed by atoms with E-state index < -0.39 is 5.60 Å². The summed E-state index contributed by atoms with van der Waals surface area (Å²) in [7, 11) is 0. The van der Waals surface area contributed by atoms with Crippen molar-refractivity contribution in [3.8, 4) is 0 Å². The summed E-state index contributed by atoms with van der Waals surface area (Å²) in [5, 5.41) is 14.8. The molecule has 0 bridgehead atoms. The van der Waals surface area contributed by atoms with Crippen LogP contribution < -0.4 is 5.32 Å². The van der Waals surface area contributed by atoms with E-state index in [-0.39, 0.29) is 12.3 Å². The molecule has 1 unspecified atom stereocenters. The first-order valence-electron chi connectivity index (χ1n) is 8.81. The second-order valence-corrected chi connectivity index (χ2v) is 6.64. The number of hydrogen-bond acceptors (Lipinski definition) is 3. The van der Waals surface area contributed by atoms with Crippen LogP contribution in [0.2, 0.25) is 0 Å². The lowest BCUT2D eigenvalue weighted by Crippen LogP contribution is -2.48. The smallest absolute Gasteiger partial charge is 0.200 e.